The highest BCUT2D eigenvalue weighted by Crippen LogP contribution is 2.27. The average molecular weight is 928 g/mol. The number of nitrogens with zero attached hydrogens (tertiary/aromatic N) is 2. The molecule has 0 aliphatic carbocycles. The topological polar surface area (TPSA) is 284 Å². The van der Waals surface area contributed by atoms with E-state index >= 15 is 0 Å². The van der Waals surface area contributed by atoms with Gasteiger partial charge < -0.3 is 51.8 Å². The van der Waals surface area contributed by atoms with Crippen molar-refractivity contribution >= 4 is 53.1 Å². The first-order valence-electron chi connectivity index (χ1n) is 23.2. The molecule has 0 saturated carbocycles. The van der Waals surface area contributed by atoms with Crippen LogP contribution < -0.4 is 27.0 Å². The van der Waals surface area contributed by atoms with Gasteiger partial charge in [0.2, 0.25) is 41.4 Å². The van der Waals surface area contributed by atoms with Crippen LogP contribution in [0.4, 0.5) is 0 Å². The lowest BCUT2D eigenvalue weighted by atomic mass is 9.91. The molecule has 1 aromatic carbocycles. The van der Waals surface area contributed by atoms with Crippen LogP contribution in [0.3, 0.4) is 0 Å². The van der Waals surface area contributed by atoms with Gasteiger partial charge >= 0.3 is 5.97 Å². The highest BCUT2D eigenvalue weighted by atomic mass is 16.5. The maximum atomic E-state index is 14.6. The number of rotatable bonds is 16. The zero-order valence-electron chi connectivity index (χ0n) is 40.1. The van der Waals surface area contributed by atoms with Crippen molar-refractivity contribution in [1.82, 2.24) is 31.1 Å². The Hall–Kier alpha value is -5.59. The Bertz CT molecular complexity index is 1910. The quantitative estimate of drug-likeness (QED) is 0.117. The summed E-state index contributed by atoms with van der Waals surface area (Å²) in [6.07, 6.45) is -2.97. The number of benzene rings is 1. The van der Waals surface area contributed by atoms with Gasteiger partial charge in [-0.3, -0.25) is 38.4 Å². The molecule has 7 amide bonds. The molecule has 2 heterocycles. The predicted octanol–water partition coefficient (Wildman–Crippen LogP) is 1.59. The number of phenolic OH excluding ortho intramolecular Hbond substituents is 1. The highest BCUT2D eigenvalue weighted by molar-refractivity contribution is 5.98. The number of aliphatic hydroxyl groups is 1. The summed E-state index contributed by atoms with van der Waals surface area (Å²) in [6, 6.07) is -2.27. The molecule has 3 rings (SSSR count). The van der Waals surface area contributed by atoms with Crippen molar-refractivity contribution in [1.29, 1.82) is 0 Å². The maximum absolute atomic E-state index is 14.6. The van der Waals surface area contributed by atoms with Crippen LogP contribution in [0.5, 0.6) is 5.75 Å². The molecule has 0 aromatic heterocycles. The number of amides is 7. The van der Waals surface area contributed by atoms with Gasteiger partial charge in [-0.15, -0.1) is 0 Å². The van der Waals surface area contributed by atoms with Crippen LogP contribution in [0, 0.1) is 29.6 Å². The van der Waals surface area contributed by atoms with E-state index in [1.165, 1.54) is 31.0 Å². The minimum Gasteiger partial charge on any atom is -0.508 e. The minimum atomic E-state index is -1.73. The average Bonchev–Trinajstić information content (AvgIpc) is 3.65. The minimum absolute atomic E-state index is 0.00437. The van der Waals surface area contributed by atoms with Crippen molar-refractivity contribution in [2.45, 2.75) is 169 Å². The van der Waals surface area contributed by atoms with Crippen LogP contribution in [0.15, 0.2) is 24.3 Å². The second kappa shape index (κ2) is 24.8. The third kappa shape index (κ3) is 14.7. The predicted molar refractivity (Wildman–Crippen MR) is 242 cm³/mol. The van der Waals surface area contributed by atoms with Crippen molar-refractivity contribution in [3.63, 3.8) is 0 Å². The number of nitrogens with one attached hydrogen (secondary N) is 4. The van der Waals surface area contributed by atoms with Gasteiger partial charge in [0, 0.05) is 38.1 Å². The summed E-state index contributed by atoms with van der Waals surface area (Å²) >= 11 is 0. The van der Waals surface area contributed by atoms with Gasteiger partial charge in [0.1, 0.15) is 60.1 Å². The Labute approximate surface area is 388 Å². The van der Waals surface area contributed by atoms with Gasteiger partial charge in [0.25, 0.3) is 0 Å². The summed E-state index contributed by atoms with van der Waals surface area (Å²) in [4.78, 5) is 128. The smallest absolute Gasteiger partial charge is 0.329 e. The summed E-state index contributed by atoms with van der Waals surface area (Å²) in [5.74, 6) is -9.76. The number of hydrogen-bond acceptors (Lipinski definition) is 12. The molecule has 0 bridgehead atoms. The van der Waals surface area contributed by atoms with E-state index in [4.69, 9.17) is 10.5 Å². The number of aromatic hydroxyl groups is 1. The molecule has 368 valence electrons. The van der Waals surface area contributed by atoms with Gasteiger partial charge in [-0.25, -0.2) is 4.79 Å². The number of nitrogens with two attached hydrogens (primary N) is 1. The largest absolute Gasteiger partial charge is 0.508 e. The molecular formula is C47H73N7O12. The van der Waals surface area contributed by atoms with E-state index in [2.05, 4.69) is 21.3 Å². The molecule has 2 aliphatic rings. The standard InChI is InChI=1S/C47H73N7O12/c1-11-26(7)38-46(64)53(10)34(22-29-13-16-31(55)17-14-29)43(61)51-39(27(8)12-2)47(65)66-28(9)40(52-41(59)30(15-19-36(48)57)23-35(56)25(5)6)44(62)49-32(21-24(3)4)45(63)54-33(42(60)50-38)18-20-37(54)58/h13-14,16-17,24-28,30,32-34,37-40,55,58H,11-12,15,18-23H2,1-10H3,(H2,48,57)(H,49,62)(H,50,60)(H,51,61)(H,52,59)/t26-,27-,28+,30+,32-,33-,34-,37?,38-,39-,40-/m0/s1. The SMILES string of the molecule is CC[C@H](C)[C@@H]1NC(=O)[C@H](Cc2ccc(O)cc2)N(C)C(=O)[C@H]([C@@H](C)CC)NC(=O)[C@@H]2CCC(O)N2C(=O)[C@H](CC(C)C)NC(=O)[C@@H](NC(=O)[C@H](CCC(N)=O)CC(=O)C(C)C)[C@@H](C)OC1=O. The lowest BCUT2D eigenvalue weighted by Crippen LogP contribution is -2.62. The normalized spacial score (nSPS) is 26.5. The van der Waals surface area contributed by atoms with E-state index in [-0.39, 0.29) is 62.4 Å². The molecule has 0 spiro atoms. The number of phenols is 1. The summed E-state index contributed by atoms with van der Waals surface area (Å²) in [5, 5.41) is 32.1. The second-order valence-corrected chi connectivity index (χ2v) is 18.7. The van der Waals surface area contributed by atoms with Crippen molar-refractivity contribution in [2.75, 3.05) is 7.05 Å². The van der Waals surface area contributed by atoms with Crippen molar-refractivity contribution < 1.29 is 58.1 Å². The van der Waals surface area contributed by atoms with Gasteiger partial charge in [-0.1, -0.05) is 80.4 Å². The third-order valence-electron chi connectivity index (χ3n) is 12.8. The van der Waals surface area contributed by atoms with Gasteiger partial charge in [0.15, 0.2) is 0 Å². The Balaban J connectivity index is 2.27. The zero-order valence-corrected chi connectivity index (χ0v) is 40.1. The first-order chi connectivity index (χ1) is 30.9. The Morgan fingerprint density at radius 2 is 1.44 bits per heavy atom. The Morgan fingerprint density at radius 3 is 2.00 bits per heavy atom. The molecule has 11 atom stereocenters. The van der Waals surface area contributed by atoms with E-state index in [0.29, 0.717) is 18.4 Å². The Kier molecular flexibility index (Phi) is 20.6. The molecule has 2 saturated heterocycles. The molecular weight excluding hydrogens is 855 g/mol. The lowest BCUT2D eigenvalue weighted by molar-refractivity contribution is -0.158. The van der Waals surface area contributed by atoms with E-state index in [1.807, 2.05) is 6.92 Å². The number of Topliss-reactive ketones (excluding diaryl/α,β-unsaturated/α-hetero) is 1. The molecule has 2 fully saturated rings. The van der Waals surface area contributed by atoms with Crippen molar-refractivity contribution in [3.8, 4) is 5.75 Å². The monoisotopic (exact) mass is 928 g/mol. The molecule has 66 heavy (non-hydrogen) atoms. The summed E-state index contributed by atoms with van der Waals surface area (Å²) in [6.45, 7) is 15.2. The van der Waals surface area contributed by atoms with Crippen LogP contribution >= 0.6 is 0 Å². The number of fused-ring (bicyclic) bond motifs is 1. The number of ether oxygens (including phenoxy) is 1. The fourth-order valence-corrected chi connectivity index (χ4v) is 8.08. The van der Waals surface area contributed by atoms with E-state index in [1.54, 1.807) is 60.6 Å². The second-order valence-electron chi connectivity index (χ2n) is 18.7. The number of hydrogen-bond donors (Lipinski definition) is 7. The van der Waals surface area contributed by atoms with Gasteiger partial charge in [0.05, 0.1) is 0 Å². The third-order valence-corrected chi connectivity index (χ3v) is 12.8. The lowest BCUT2D eigenvalue weighted by Gasteiger charge is -2.35. The molecule has 2 aliphatic heterocycles. The molecule has 0 radical (unpaired) electrons. The fourth-order valence-electron chi connectivity index (χ4n) is 8.08. The molecule has 1 unspecified atom stereocenters. The molecule has 19 heteroatoms. The number of esters is 1. The highest BCUT2D eigenvalue weighted by Gasteiger charge is 2.46. The summed E-state index contributed by atoms with van der Waals surface area (Å²) < 4.78 is 5.93. The van der Waals surface area contributed by atoms with Crippen molar-refractivity contribution in [3.05, 3.63) is 29.8 Å². The number of carbonyl (C=O) groups is 9. The first-order valence-corrected chi connectivity index (χ1v) is 23.2. The molecule has 19 nitrogen and oxygen atoms in total. The van der Waals surface area contributed by atoms with Crippen LogP contribution in [0.25, 0.3) is 0 Å². The van der Waals surface area contributed by atoms with Crippen LogP contribution in [-0.2, 0) is 54.3 Å². The fraction of sp³-hybridized carbons (Fsp3) is 0.681. The number of cyclic esters (lactones) is 1. The number of primary amides is 1. The zero-order chi connectivity index (χ0) is 49.7. The van der Waals surface area contributed by atoms with E-state index in [0.717, 1.165) is 4.90 Å². The number of carbonyl (C=O) groups excluding carboxylic acids is 9. The van der Waals surface area contributed by atoms with Crippen molar-refractivity contribution in [2.24, 2.45) is 35.3 Å². The van der Waals surface area contributed by atoms with Crippen LogP contribution in [0.2, 0.25) is 0 Å². The number of aliphatic hydroxyl groups excluding tert-OH is 1. The molecule has 8 N–H and O–H groups in total. The van der Waals surface area contributed by atoms with E-state index < -0.39 is 120 Å². The van der Waals surface area contributed by atoms with Gasteiger partial charge in [-0.05, 0) is 68.1 Å². The van der Waals surface area contributed by atoms with Crippen LogP contribution in [0.1, 0.15) is 119 Å². The number of ketones is 1. The number of likely N-dealkylation sites (N-methyl/N-ethyl adjacent to an activating group) is 1. The summed E-state index contributed by atoms with van der Waals surface area (Å²) in [7, 11) is 1.40. The molecule has 1 aromatic rings. The van der Waals surface area contributed by atoms with Gasteiger partial charge in [-0.2, -0.15) is 0 Å². The maximum Gasteiger partial charge on any atom is 0.329 e. The first kappa shape index (κ1) is 54.7. The Morgan fingerprint density at radius 1 is 0.848 bits per heavy atom. The summed E-state index contributed by atoms with van der Waals surface area (Å²) in [5.41, 5.74) is 5.95. The van der Waals surface area contributed by atoms with E-state index in [9.17, 15) is 53.4 Å². The van der Waals surface area contributed by atoms with Crippen LogP contribution in [-0.4, -0.2) is 129 Å².